The summed E-state index contributed by atoms with van der Waals surface area (Å²) in [4.78, 5) is 11.2. The van der Waals surface area contributed by atoms with Crippen LogP contribution < -0.4 is 10.1 Å². The summed E-state index contributed by atoms with van der Waals surface area (Å²) in [7, 11) is 0. The molecule has 19 heavy (non-hydrogen) atoms. The van der Waals surface area contributed by atoms with Crippen molar-refractivity contribution in [3.63, 3.8) is 0 Å². The third-order valence-corrected chi connectivity index (χ3v) is 2.82. The monoisotopic (exact) mass is 265 g/mol. The van der Waals surface area contributed by atoms with Crippen LogP contribution >= 0.6 is 0 Å². The molecule has 0 aromatic heterocycles. The average molecular weight is 265 g/mol. The van der Waals surface area contributed by atoms with Gasteiger partial charge in [-0.2, -0.15) is 0 Å². The summed E-state index contributed by atoms with van der Waals surface area (Å²) in [6, 6.07) is 5.23. The fraction of sp³-hybridized carbons (Fsp3) is 0.533. The lowest BCUT2D eigenvalue weighted by Crippen LogP contribution is -2.07. The number of hydrogen-bond donors (Lipinski definition) is 2. The van der Waals surface area contributed by atoms with E-state index in [2.05, 4.69) is 19.2 Å². The van der Waals surface area contributed by atoms with E-state index in [0.717, 1.165) is 37.9 Å². The fourth-order valence-electron chi connectivity index (χ4n) is 1.67. The van der Waals surface area contributed by atoms with E-state index in [-0.39, 0.29) is 5.56 Å². The number of aromatic carboxylic acids is 1. The Balaban J connectivity index is 2.73. The highest BCUT2D eigenvalue weighted by molar-refractivity contribution is 5.92. The molecule has 0 aliphatic rings. The molecule has 2 N–H and O–H groups in total. The molecule has 0 fully saturated rings. The zero-order valence-corrected chi connectivity index (χ0v) is 11.7. The van der Waals surface area contributed by atoms with E-state index < -0.39 is 5.97 Å². The van der Waals surface area contributed by atoms with Crippen molar-refractivity contribution in [2.45, 2.75) is 39.5 Å². The van der Waals surface area contributed by atoms with Gasteiger partial charge in [-0.1, -0.05) is 26.7 Å². The van der Waals surface area contributed by atoms with Gasteiger partial charge in [0.1, 0.15) is 11.3 Å². The van der Waals surface area contributed by atoms with Gasteiger partial charge in [0.05, 0.1) is 6.61 Å². The summed E-state index contributed by atoms with van der Waals surface area (Å²) in [5, 5.41) is 12.4. The quantitative estimate of drug-likeness (QED) is 0.667. The first-order valence-electron chi connectivity index (χ1n) is 6.93. The summed E-state index contributed by atoms with van der Waals surface area (Å²) in [5.41, 5.74) is 1.05. The molecule has 4 nitrogen and oxygen atoms in total. The highest BCUT2D eigenvalue weighted by Gasteiger charge is 2.12. The maximum Gasteiger partial charge on any atom is 0.339 e. The molecule has 0 heterocycles. The number of carboxylic acid groups (broad SMARTS) is 1. The average Bonchev–Trinajstić information content (AvgIpc) is 2.40. The third kappa shape index (κ3) is 5.20. The Kier molecular flexibility index (Phi) is 6.79. The Hall–Kier alpha value is -1.71. The molecule has 0 bridgehead atoms. The molecule has 106 valence electrons. The van der Waals surface area contributed by atoms with E-state index in [4.69, 9.17) is 4.74 Å². The van der Waals surface area contributed by atoms with E-state index in [9.17, 15) is 9.90 Å². The third-order valence-electron chi connectivity index (χ3n) is 2.82. The van der Waals surface area contributed by atoms with Crippen LogP contribution in [-0.2, 0) is 0 Å². The molecule has 0 amide bonds. The van der Waals surface area contributed by atoms with Crippen LogP contribution in [0.1, 0.15) is 49.9 Å². The molecule has 1 rings (SSSR count). The normalized spacial score (nSPS) is 10.2. The topological polar surface area (TPSA) is 58.6 Å². The van der Waals surface area contributed by atoms with Gasteiger partial charge in [0, 0.05) is 12.2 Å². The Bertz CT molecular complexity index is 404. The maximum absolute atomic E-state index is 11.2. The Morgan fingerprint density at radius 1 is 1.26 bits per heavy atom. The van der Waals surface area contributed by atoms with Gasteiger partial charge in [-0.05, 0) is 31.0 Å². The predicted molar refractivity (Wildman–Crippen MR) is 77.2 cm³/mol. The van der Waals surface area contributed by atoms with Crippen LogP contribution in [0.25, 0.3) is 0 Å². The number of nitrogens with one attached hydrogen (secondary N) is 1. The molecule has 0 spiro atoms. The molecular formula is C15H23NO3. The van der Waals surface area contributed by atoms with Crippen molar-refractivity contribution in [1.82, 2.24) is 0 Å². The molecule has 1 aromatic rings. The van der Waals surface area contributed by atoms with Gasteiger partial charge in [0.25, 0.3) is 0 Å². The van der Waals surface area contributed by atoms with Gasteiger partial charge >= 0.3 is 5.97 Å². The lowest BCUT2D eigenvalue weighted by Gasteiger charge is -2.11. The summed E-state index contributed by atoms with van der Waals surface area (Å²) < 4.78 is 5.51. The minimum Gasteiger partial charge on any atom is -0.493 e. The molecule has 4 heteroatoms. The second kappa shape index (κ2) is 8.40. The minimum absolute atomic E-state index is 0.220. The van der Waals surface area contributed by atoms with E-state index in [0.29, 0.717) is 12.4 Å². The maximum atomic E-state index is 11.2. The summed E-state index contributed by atoms with van der Waals surface area (Å²) in [5.74, 6) is -0.507. The van der Waals surface area contributed by atoms with Crippen LogP contribution in [0.3, 0.4) is 0 Å². The largest absolute Gasteiger partial charge is 0.493 e. The Labute approximate surface area is 114 Å². The summed E-state index contributed by atoms with van der Waals surface area (Å²) in [6.07, 6.45) is 4.13. The second-order valence-corrected chi connectivity index (χ2v) is 4.50. The SMILES string of the molecule is CCCCNc1ccc(OCCCC)c(C(=O)O)c1. The van der Waals surface area contributed by atoms with Gasteiger partial charge < -0.3 is 15.2 Å². The minimum atomic E-state index is -0.953. The van der Waals surface area contributed by atoms with E-state index in [1.165, 1.54) is 0 Å². The first-order chi connectivity index (χ1) is 9.19. The number of unbranched alkanes of at least 4 members (excludes halogenated alkanes) is 2. The molecule has 0 unspecified atom stereocenters. The molecule has 1 aromatic carbocycles. The van der Waals surface area contributed by atoms with Crippen molar-refractivity contribution in [2.24, 2.45) is 0 Å². The highest BCUT2D eigenvalue weighted by atomic mass is 16.5. The number of ether oxygens (including phenoxy) is 1. The Morgan fingerprint density at radius 3 is 2.63 bits per heavy atom. The van der Waals surface area contributed by atoms with Gasteiger partial charge in [0.2, 0.25) is 0 Å². The van der Waals surface area contributed by atoms with Crippen molar-refractivity contribution < 1.29 is 14.6 Å². The lowest BCUT2D eigenvalue weighted by atomic mass is 10.1. The number of carboxylic acids is 1. The predicted octanol–water partition coefficient (Wildman–Crippen LogP) is 3.78. The van der Waals surface area contributed by atoms with Crippen LogP contribution in [-0.4, -0.2) is 24.2 Å². The van der Waals surface area contributed by atoms with E-state index in [1.54, 1.807) is 12.1 Å². The van der Waals surface area contributed by atoms with E-state index in [1.807, 2.05) is 6.07 Å². The van der Waals surface area contributed by atoms with Gasteiger partial charge in [-0.25, -0.2) is 4.79 Å². The van der Waals surface area contributed by atoms with Crippen LogP contribution in [0.2, 0.25) is 0 Å². The van der Waals surface area contributed by atoms with Crippen molar-refractivity contribution in [2.75, 3.05) is 18.5 Å². The van der Waals surface area contributed by atoms with Gasteiger partial charge in [-0.3, -0.25) is 0 Å². The second-order valence-electron chi connectivity index (χ2n) is 4.50. The van der Waals surface area contributed by atoms with Crippen molar-refractivity contribution >= 4 is 11.7 Å². The summed E-state index contributed by atoms with van der Waals surface area (Å²) >= 11 is 0. The smallest absolute Gasteiger partial charge is 0.339 e. The molecule has 0 radical (unpaired) electrons. The first-order valence-corrected chi connectivity index (χ1v) is 6.93. The molecule has 0 saturated heterocycles. The van der Waals surface area contributed by atoms with Crippen LogP contribution in [0.4, 0.5) is 5.69 Å². The fourth-order valence-corrected chi connectivity index (χ4v) is 1.67. The zero-order valence-electron chi connectivity index (χ0n) is 11.7. The van der Waals surface area contributed by atoms with Crippen LogP contribution in [0.15, 0.2) is 18.2 Å². The van der Waals surface area contributed by atoms with Gasteiger partial charge in [-0.15, -0.1) is 0 Å². The Morgan fingerprint density at radius 2 is 2.00 bits per heavy atom. The number of carbonyl (C=O) groups is 1. The van der Waals surface area contributed by atoms with Gasteiger partial charge in [0.15, 0.2) is 0 Å². The highest BCUT2D eigenvalue weighted by Crippen LogP contribution is 2.23. The summed E-state index contributed by atoms with van der Waals surface area (Å²) in [6.45, 7) is 5.60. The number of benzene rings is 1. The first kappa shape index (κ1) is 15.3. The van der Waals surface area contributed by atoms with E-state index >= 15 is 0 Å². The van der Waals surface area contributed by atoms with Crippen molar-refractivity contribution in [3.8, 4) is 5.75 Å². The van der Waals surface area contributed by atoms with Crippen molar-refractivity contribution in [1.29, 1.82) is 0 Å². The molecule has 0 saturated carbocycles. The number of rotatable bonds is 9. The van der Waals surface area contributed by atoms with Crippen LogP contribution in [0.5, 0.6) is 5.75 Å². The zero-order chi connectivity index (χ0) is 14.1. The van der Waals surface area contributed by atoms with Crippen molar-refractivity contribution in [3.05, 3.63) is 23.8 Å². The molecular weight excluding hydrogens is 242 g/mol. The lowest BCUT2D eigenvalue weighted by molar-refractivity contribution is 0.0692. The number of hydrogen-bond acceptors (Lipinski definition) is 3. The molecule has 0 atom stereocenters. The standard InChI is InChI=1S/C15H23NO3/c1-3-5-9-16-12-7-8-14(19-10-6-4-2)13(11-12)15(17)18/h7-8,11,16H,3-6,9-10H2,1-2H3,(H,17,18). The molecule has 0 aliphatic carbocycles. The van der Waals surface area contributed by atoms with Crippen LogP contribution in [0, 0.1) is 0 Å². The molecule has 0 aliphatic heterocycles. The number of anilines is 1.